The number of carboxylic acid groups (broad SMARTS) is 1. The number of ketones is 1. The molecule has 0 radical (unpaired) electrons. The van der Waals surface area contributed by atoms with Crippen molar-refractivity contribution >= 4 is 23.9 Å². The molecule has 1 aromatic heterocycles. The van der Waals surface area contributed by atoms with E-state index in [2.05, 4.69) is 15.1 Å². The first-order valence-corrected chi connectivity index (χ1v) is 6.63. The molecule has 0 aliphatic carbocycles. The van der Waals surface area contributed by atoms with Gasteiger partial charge in [0.1, 0.15) is 6.04 Å². The van der Waals surface area contributed by atoms with Crippen molar-refractivity contribution in [2.45, 2.75) is 25.0 Å². The van der Waals surface area contributed by atoms with E-state index in [-0.39, 0.29) is 12.8 Å². The van der Waals surface area contributed by atoms with Crippen LogP contribution < -0.4 is 5.32 Å². The molecule has 0 aromatic carbocycles. The number of imidazole rings is 1. The lowest BCUT2D eigenvalue weighted by molar-refractivity contribution is -0.144. The number of methoxy groups -OCH3 is 1. The fraction of sp³-hybridized carbons (Fsp3) is 0.462. The van der Waals surface area contributed by atoms with Gasteiger partial charge in [-0.25, -0.2) is 9.78 Å². The van der Waals surface area contributed by atoms with Crippen LogP contribution in [-0.2, 0) is 26.2 Å². The highest BCUT2D eigenvalue weighted by molar-refractivity contribution is 6.25. The Kier molecular flexibility index (Phi) is 6.78. The average Bonchev–Trinajstić information content (AvgIpc) is 2.90. The standard InChI is InChI=1S/C13H17N5O5/c1-18-6-10(15-7-18)11(23-2)12(20)17-9(13(21)22)4-3-8(19)5-16-14/h5-7,9,11H,3-4H2,1-2H3,(H,17,20)(H,21,22)/t9-,11+/m0/s1. The van der Waals surface area contributed by atoms with E-state index in [1.807, 2.05) is 0 Å². The van der Waals surface area contributed by atoms with E-state index in [0.29, 0.717) is 11.9 Å². The maximum absolute atomic E-state index is 12.2. The maximum atomic E-state index is 12.2. The third kappa shape index (κ3) is 5.46. The van der Waals surface area contributed by atoms with Crippen molar-refractivity contribution in [3.05, 3.63) is 23.7 Å². The number of rotatable bonds is 9. The number of amides is 1. The van der Waals surface area contributed by atoms with Crippen molar-refractivity contribution in [3.8, 4) is 0 Å². The minimum absolute atomic E-state index is 0.148. The number of carbonyl (C=O) groups excluding carboxylic acids is 2. The average molecular weight is 323 g/mol. The van der Waals surface area contributed by atoms with Gasteiger partial charge in [0.2, 0.25) is 5.78 Å². The zero-order valence-corrected chi connectivity index (χ0v) is 12.7. The van der Waals surface area contributed by atoms with E-state index >= 15 is 0 Å². The first-order chi connectivity index (χ1) is 10.9. The molecule has 1 rings (SSSR count). The number of aromatic nitrogens is 2. The highest BCUT2D eigenvalue weighted by Crippen LogP contribution is 2.15. The second-order valence-electron chi connectivity index (χ2n) is 4.73. The molecule has 1 aromatic rings. The van der Waals surface area contributed by atoms with E-state index in [1.54, 1.807) is 17.8 Å². The number of nitrogens with zero attached hydrogens (tertiary/aromatic N) is 4. The van der Waals surface area contributed by atoms with Crippen LogP contribution in [-0.4, -0.2) is 56.5 Å². The summed E-state index contributed by atoms with van der Waals surface area (Å²) in [4.78, 5) is 41.1. The Bertz CT molecular complexity index is 634. The van der Waals surface area contributed by atoms with Crippen LogP contribution >= 0.6 is 0 Å². The molecule has 2 atom stereocenters. The Labute approximate surface area is 131 Å². The molecule has 1 amide bonds. The molecule has 0 bridgehead atoms. The van der Waals surface area contributed by atoms with Gasteiger partial charge in [0.25, 0.3) is 5.91 Å². The number of carboxylic acids is 1. The summed E-state index contributed by atoms with van der Waals surface area (Å²) >= 11 is 0. The fourth-order valence-corrected chi connectivity index (χ4v) is 1.85. The fourth-order valence-electron chi connectivity index (χ4n) is 1.85. The summed E-state index contributed by atoms with van der Waals surface area (Å²) in [7, 11) is 3.02. The first kappa shape index (κ1) is 18.2. The van der Waals surface area contributed by atoms with Crippen molar-refractivity contribution in [3.63, 3.8) is 0 Å². The van der Waals surface area contributed by atoms with Crippen molar-refractivity contribution in [1.29, 1.82) is 0 Å². The minimum atomic E-state index is -1.29. The number of carbonyl (C=O) groups is 3. The monoisotopic (exact) mass is 323 g/mol. The van der Waals surface area contributed by atoms with Gasteiger partial charge >= 0.3 is 12.2 Å². The van der Waals surface area contributed by atoms with Crippen molar-refractivity contribution in [2.75, 3.05) is 7.11 Å². The summed E-state index contributed by atoms with van der Waals surface area (Å²) < 4.78 is 6.68. The molecule has 0 aliphatic rings. The second kappa shape index (κ2) is 8.57. The van der Waals surface area contributed by atoms with Gasteiger partial charge in [-0.15, -0.1) is 0 Å². The zero-order chi connectivity index (χ0) is 17.4. The number of nitrogens with one attached hydrogen (secondary N) is 1. The van der Waals surface area contributed by atoms with Crippen LogP contribution in [0.1, 0.15) is 24.6 Å². The lowest BCUT2D eigenvalue weighted by atomic mass is 10.1. The predicted molar refractivity (Wildman–Crippen MR) is 76.4 cm³/mol. The molecule has 124 valence electrons. The molecule has 10 nitrogen and oxygen atoms in total. The Balaban J connectivity index is 2.74. The molecule has 23 heavy (non-hydrogen) atoms. The van der Waals surface area contributed by atoms with Crippen LogP contribution in [0.2, 0.25) is 0 Å². The van der Waals surface area contributed by atoms with Crippen LogP contribution in [0.25, 0.3) is 5.53 Å². The molecule has 0 aliphatic heterocycles. The first-order valence-electron chi connectivity index (χ1n) is 6.63. The van der Waals surface area contributed by atoms with Gasteiger partial charge in [0.15, 0.2) is 6.10 Å². The van der Waals surface area contributed by atoms with Crippen LogP contribution in [0.4, 0.5) is 0 Å². The van der Waals surface area contributed by atoms with Crippen molar-refractivity contribution in [2.24, 2.45) is 7.05 Å². The Morgan fingerprint density at radius 2 is 2.26 bits per heavy atom. The molecule has 0 spiro atoms. The van der Waals surface area contributed by atoms with Crippen LogP contribution in [0.15, 0.2) is 12.5 Å². The lowest BCUT2D eigenvalue weighted by Crippen LogP contribution is -2.43. The SMILES string of the molecule is CO[C@@H](C(=O)N[C@@H](CCC(=O)C=[N+]=[N-])C(=O)O)c1cn(C)cn1. The van der Waals surface area contributed by atoms with E-state index < -0.39 is 29.8 Å². The number of ether oxygens (including phenoxy) is 1. The quantitative estimate of drug-likeness (QED) is 0.350. The van der Waals surface area contributed by atoms with Crippen molar-refractivity contribution in [1.82, 2.24) is 14.9 Å². The van der Waals surface area contributed by atoms with E-state index in [0.717, 1.165) is 0 Å². The minimum Gasteiger partial charge on any atom is -0.480 e. The number of hydrogen-bond donors (Lipinski definition) is 2. The smallest absolute Gasteiger partial charge is 0.326 e. The summed E-state index contributed by atoms with van der Waals surface area (Å²) in [5.74, 6) is -2.52. The van der Waals surface area contributed by atoms with E-state index in [9.17, 15) is 14.4 Å². The molecule has 0 saturated heterocycles. The molecular formula is C13H17N5O5. The molecule has 0 unspecified atom stereocenters. The van der Waals surface area contributed by atoms with Gasteiger partial charge in [-0.3, -0.25) is 9.59 Å². The normalized spacial score (nSPS) is 12.8. The van der Waals surface area contributed by atoms with Crippen molar-refractivity contribution < 1.29 is 29.0 Å². The number of aryl methyl sites for hydroxylation is 1. The Morgan fingerprint density at radius 3 is 2.74 bits per heavy atom. The van der Waals surface area contributed by atoms with Gasteiger partial charge in [-0.2, -0.15) is 4.79 Å². The maximum Gasteiger partial charge on any atom is 0.326 e. The second-order valence-corrected chi connectivity index (χ2v) is 4.73. The number of Topliss-reactive ketones (excluding diaryl/α,β-unsaturated/α-hetero) is 1. The molecule has 0 saturated carbocycles. The molecule has 2 N–H and O–H groups in total. The lowest BCUT2D eigenvalue weighted by Gasteiger charge is -2.17. The molecule has 10 heteroatoms. The summed E-state index contributed by atoms with van der Waals surface area (Å²) in [5.41, 5.74) is 8.56. The topological polar surface area (TPSA) is 147 Å². The van der Waals surface area contributed by atoms with Gasteiger partial charge < -0.3 is 25.3 Å². The Morgan fingerprint density at radius 1 is 1.57 bits per heavy atom. The van der Waals surface area contributed by atoms with E-state index in [1.165, 1.54) is 13.4 Å². The highest BCUT2D eigenvalue weighted by atomic mass is 16.5. The van der Waals surface area contributed by atoms with Gasteiger partial charge in [0.05, 0.1) is 12.0 Å². The summed E-state index contributed by atoms with van der Waals surface area (Å²) in [6, 6.07) is -1.28. The third-order valence-corrected chi connectivity index (χ3v) is 2.96. The number of aliphatic carboxylic acids is 1. The van der Waals surface area contributed by atoms with Crippen LogP contribution in [0, 0.1) is 0 Å². The van der Waals surface area contributed by atoms with Gasteiger partial charge in [0, 0.05) is 26.8 Å². The van der Waals surface area contributed by atoms with Crippen LogP contribution in [0.5, 0.6) is 0 Å². The van der Waals surface area contributed by atoms with Gasteiger partial charge in [-0.05, 0) is 6.42 Å². The molecule has 1 heterocycles. The predicted octanol–water partition coefficient (Wildman–Crippen LogP) is -0.673. The van der Waals surface area contributed by atoms with E-state index in [4.69, 9.17) is 15.4 Å². The summed E-state index contributed by atoms with van der Waals surface area (Å²) in [6.45, 7) is 0. The number of hydrogen-bond acceptors (Lipinski definition) is 5. The molecular weight excluding hydrogens is 306 g/mol. The summed E-state index contributed by atoms with van der Waals surface area (Å²) in [5, 5.41) is 11.4. The van der Waals surface area contributed by atoms with Gasteiger partial charge in [-0.1, -0.05) is 0 Å². The largest absolute Gasteiger partial charge is 0.480 e. The highest BCUT2D eigenvalue weighted by Gasteiger charge is 2.28. The summed E-state index contributed by atoms with van der Waals surface area (Å²) in [6.07, 6.45) is 2.33. The molecule has 0 fully saturated rings. The zero-order valence-electron chi connectivity index (χ0n) is 12.7. The van der Waals surface area contributed by atoms with Crippen LogP contribution in [0.3, 0.4) is 0 Å². The Hall–Kier alpha value is -2.84. The third-order valence-electron chi connectivity index (χ3n) is 2.96.